The standard InChI is InChI=1S/C25H22N6O8/c32-18-10-21(39-19(18)11-38-25(34)16-8-4-5-9-17(16)31(35)36)30-14-28-22-23(26-13-27-24(22)30)29-20(33)12-37-15-6-2-1-3-7-15/h1-9,13-14,18-19,21,32H,10-12H2,(H,26,27,29,33)/t18-,19+,21+/m0/s1. The number of aliphatic hydroxyl groups is 1. The Morgan fingerprint density at radius 2 is 1.90 bits per heavy atom. The highest BCUT2D eigenvalue weighted by Gasteiger charge is 2.37. The molecule has 2 aromatic heterocycles. The molecule has 1 fully saturated rings. The van der Waals surface area contributed by atoms with Crippen LogP contribution in [-0.4, -0.2) is 66.8 Å². The number of nitrogens with zero attached hydrogens (tertiary/aromatic N) is 5. The van der Waals surface area contributed by atoms with Gasteiger partial charge >= 0.3 is 5.97 Å². The molecule has 0 bridgehead atoms. The second kappa shape index (κ2) is 11.2. The number of nitro groups is 1. The number of ether oxygens (including phenoxy) is 3. The molecule has 14 nitrogen and oxygen atoms in total. The van der Waals surface area contributed by atoms with E-state index in [1.54, 1.807) is 28.8 Å². The number of aromatic nitrogens is 4. The molecule has 1 aliphatic heterocycles. The maximum Gasteiger partial charge on any atom is 0.345 e. The van der Waals surface area contributed by atoms with Gasteiger partial charge in [0.15, 0.2) is 23.6 Å². The molecule has 2 aromatic carbocycles. The molecule has 0 aliphatic carbocycles. The van der Waals surface area contributed by atoms with Crippen molar-refractivity contribution in [2.75, 3.05) is 18.5 Å². The van der Waals surface area contributed by atoms with Gasteiger partial charge in [0, 0.05) is 12.5 Å². The van der Waals surface area contributed by atoms with Crippen molar-refractivity contribution in [3.8, 4) is 5.75 Å². The SMILES string of the molecule is O=C(COc1ccccc1)Nc1ncnc2c1ncn2[C@H]1C[C@H](O)[C@@H](COC(=O)c2ccccc2[N+](=O)[O-])O1. The van der Waals surface area contributed by atoms with Gasteiger partial charge in [-0.1, -0.05) is 30.3 Å². The van der Waals surface area contributed by atoms with E-state index < -0.39 is 35.2 Å². The number of anilines is 1. The van der Waals surface area contributed by atoms with E-state index in [1.807, 2.05) is 6.07 Å². The molecule has 200 valence electrons. The van der Waals surface area contributed by atoms with E-state index >= 15 is 0 Å². The lowest BCUT2D eigenvalue weighted by Gasteiger charge is -2.16. The van der Waals surface area contributed by atoms with Crippen LogP contribution in [0.15, 0.2) is 67.3 Å². The van der Waals surface area contributed by atoms with Crippen molar-refractivity contribution in [2.45, 2.75) is 24.9 Å². The first-order valence-corrected chi connectivity index (χ1v) is 11.8. The molecule has 3 atom stereocenters. The molecule has 0 radical (unpaired) electrons. The van der Waals surface area contributed by atoms with Crippen molar-refractivity contribution in [3.63, 3.8) is 0 Å². The highest BCUT2D eigenvalue weighted by atomic mass is 16.6. The van der Waals surface area contributed by atoms with Crippen LogP contribution in [0.1, 0.15) is 23.0 Å². The Kier molecular flexibility index (Phi) is 7.38. The molecule has 39 heavy (non-hydrogen) atoms. The van der Waals surface area contributed by atoms with Crippen LogP contribution in [0.25, 0.3) is 11.2 Å². The summed E-state index contributed by atoms with van der Waals surface area (Å²) in [6, 6.07) is 14.3. The number of fused-ring (bicyclic) bond motifs is 1. The van der Waals surface area contributed by atoms with E-state index in [4.69, 9.17) is 14.2 Å². The van der Waals surface area contributed by atoms with Crippen LogP contribution in [0.5, 0.6) is 5.75 Å². The number of carbonyl (C=O) groups is 2. The summed E-state index contributed by atoms with van der Waals surface area (Å²) in [7, 11) is 0. The van der Waals surface area contributed by atoms with E-state index in [2.05, 4.69) is 20.3 Å². The molecule has 0 saturated carbocycles. The molecule has 14 heteroatoms. The van der Waals surface area contributed by atoms with E-state index in [1.165, 1.54) is 36.9 Å². The van der Waals surface area contributed by atoms with Crippen LogP contribution in [0, 0.1) is 10.1 Å². The lowest BCUT2D eigenvalue weighted by atomic mass is 10.1. The molecule has 0 unspecified atom stereocenters. The van der Waals surface area contributed by atoms with Gasteiger partial charge in [-0.15, -0.1) is 0 Å². The molecule has 0 spiro atoms. The summed E-state index contributed by atoms with van der Waals surface area (Å²) in [4.78, 5) is 48.0. The zero-order chi connectivity index (χ0) is 27.4. The number of benzene rings is 2. The quantitative estimate of drug-likeness (QED) is 0.183. The van der Waals surface area contributed by atoms with E-state index in [0.29, 0.717) is 16.9 Å². The number of esters is 1. The highest BCUT2D eigenvalue weighted by Crippen LogP contribution is 2.32. The summed E-state index contributed by atoms with van der Waals surface area (Å²) < 4.78 is 18.1. The molecular formula is C25H22N6O8. The monoisotopic (exact) mass is 534 g/mol. The molecular weight excluding hydrogens is 512 g/mol. The molecule has 1 aliphatic rings. The topological polar surface area (TPSA) is 181 Å². The van der Waals surface area contributed by atoms with Crippen LogP contribution in [0.2, 0.25) is 0 Å². The fourth-order valence-electron chi connectivity index (χ4n) is 4.06. The molecule has 4 aromatic rings. The number of nitro benzene ring substituents is 1. The third-order valence-corrected chi connectivity index (χ3v) is 5.94. The molecule has 3 heterocycles. The summed E-state index contributed by atoms with van der Waals surface area (Å²) in [6.45, 7) is -0.562. The lowest BCUT2D eigenvalue weighted by Crippen LogP contribution is -2.28. The third-order valence-electron chi connectivity index (χ3n) is 5.94. The Balaban J connectivity index is 1.23. The number of carbonyl (C=O) groups excluding carboxylic acids is 2. The van der Waals surface area contributed by atoms with Gasteiger partial charge in [0.1, 0.15) is 36.6 Å². The number of hydrogen-bond acceptors (Lipinski definition) is 11. The van der Waals surface area contributed by atoms with Crippen molar-refractivity contribution in [1.82, 2.24) is 19.5 Å². The maximum absolute atomic E-state index is 12.4. The van der Waals surface area contributed by atoms with E-state index in [9.17, 15) is 24.8 Å². The van der Waals surface area contributed by atoms with Crippen molar-refractivity contribution < 1.29 is 33.8 Å². The number of hydrogen-bond donors (Lipinski definition) is 2. The molecule has 1 amide bonds. The zero-order valence-corrected chi connectivity index (χ0v) is 20.2. The Morgan fingerprint density at radius 1 is 1.13 bits per heavy atom. The van der Waals surface area contributed by atoms with Crippen LogP contribution in [-0.2, 0) is 14.3 Å². The first-order chi connectivity index (χ1) is 18.9. The fourth-order valence-corrected chi connectivity index (χ4v) is 4.06. The molecule has 1 saturated heterocycles. The Morgan fingerprint density at radius 3 is 2.69 bits per heavy atom. The smallest absolute Gasteiger partial charge is 0.345 e. The van der Waals surface area contributed by atoms with Crippen molar-refractivity contribution in [1.29, 1.82) is 0 Å². The van der Waals surface area contributed by atoms with Crippen molar-refractivity contribution in [2.24, 2.45) is 0 Å². The number of aliphatic hydroxyl groups excluding tert-OH is 1. The van der Waals surface area contributed by atoms with Crippen molar-refractivity contribution >= 4 is 34.5 Å². The van der Waals surface area contributed by atoms with Crippen LogP contribution >= 0.6 is 0 Å². The third kappa shape index (κ3) is 5.66. The Labute approximate surface area is 220 Å². The minimum atomic E-state index is -0.998. The van der Waals surface area contributed by atoms with Crippen molar-refractivity contribution in [3.05, 3.63) is 82.9 Å². The summed E-state index contributed by atoms with van der Waals surface area (Å²) in [5.41, 5.74) is 0.0638. The average Bonchev–Trinajstić information content (AvgIpc) is 3.55. The zero-order valence-electron chi connectivity index (χ0n) is 20.2. The first kappa shape index (κ1) is 25.7. The number of nitrogens with one attached hydrogen (secondary N) is 1. The van der Waals surface area contributed by atoms with Gasteiger partial charge in [-0.05, 0) is 18.2 Å². The fraction of sp³-hybridized carbons (Fsp3) is 0.240. The Bertz CT molecular complexity index is 1510. The largest absolute Gasteiger partial charge is 0.484 e. The predicted octanol–water partition coefficient (Wildman–Crippen LogP) is 2.26. The molecule has 2 N–H and O–H groups in total. The molecule has 5 rings (SSSR count). The van der Waals surface area contributed by atoms with Gasteiger partial charge in [-0.2, -0.15) is 0 Å². The first-order valence-electron chi connectivity index (χ1n) is 11.8. The highest BCUT2D eigenvalue weighted by molar-refractivity contribution is 5.97. The minimum absolute atomic E-state index is 0.135. The van der Waals surface area contributed by atoms with Gasteiger partial charge in [-0.25, -0.2) is 19.7 Å². The van der Waals surface area contributed by atoms with Gasteiger partial charge in [0.05, 0.1) is 17.4 Å². The minimum Gasteiger partial charge on any atom is -0.484 e. The number of imidazole rings is 1. The van der Waals surface area contributed by atoms with Gasteiger partial charge in [-0.3, -0.25) is 19.5 Å². The summed E-state index contributed by atoms with van der Waals surface area (Å²) in [5.74, 6) is -0.627. The Hall–Kier alpha value is -4.95. The lowest BCUT2D eigenvalue weighted by molar-refractivity contribution is -0.385. The van der Waals surface area contributed by atoms with E-state index in [-0.39, 0.29) is 36.7 Å². The summed E-state index contributed by atoms with van der Waals surface area (Å²) >= 11 is 0. The van der Waals surface area contributed by atoms with E-state index in [0.717, 1.165) is 0 Å². The van der Waals surface area contributed by atoms with Crippen LogP contribution in [0.4, 0.5) is 11.5 Å². The average molecular weight is 534 g/mol. The number of rotatable bonds is 9. The predicted molar refractivity (Wildman–Crippen MR) is 134 cm³/mol. The van der Waals surface area contributed by atoms with Gasteiger partial charge < -0.3 is 24.6 Å². The van der Waals surface area contributed by atoms with Crippen LogP contribution in [0.3, 0.4) is 0 Å². The second-order valence-electron chi connectivity index (χ2n) is 8.50. The summed E-state index contributed by atoms with van der Waals surface area (Å²) in [6.07, 6.45) is 0.229. The maximum atomic E-state index is 12.4. The van der Waals surface area contributed by atoms with Crippen LogP contribution < -0.4 is 10.1 Å². The van der Waals surface area contributed by atoms with Gasteiger partial charge in [0.2, 0.25) is 0 Å². The number of para-hydroxylation sites is 2. The number of amides is 1. The van der Waals surface area contributed by atoms with Gasteiger partial charge in [0.25, 0.3) is 11.6 Å². The second-order valence-corrected chi connectivity index (χ2v) is 8.50. The normalized spacial score (nSPS) is 18.5. The summed E-state index contributed by atoms with van der Waals surface area (Å²) in [5, 5.41) is 24.4.